The lowest BCUT2D eigenvalue weighted by Crippen LogP contribution is -2.52. The van der Waals surface area contributed by atoms with E-state index in [9.17, 15) is 8.42 Å². The predicted octanol–water partition coefficient (Wildman–Crippen LogP) is 0.946. The van der Waals surface area contributed by atoms with Crippen molar-refractivity contribution >= 4 is 10.0 Å². The number of nitrogens with zero attached hydrogens (tertiary/aromatic N) is 1. The maximum absolute atomic E-state index is 12.1. The van der Waals surface area contributed by atoms with Crippen LogP contribution in [0.1, 0.15) is 39.5 Å². The molecule has 6 heteroatoms. The number of piperidine rings is 1. The lowest BCUT2D eigenvalue weighted by molar-refractivity contribution is -0.0623. The van der Waals surface area contributed by atoms with Gasteiger partial charge in [0.1, 0.15) is 0 Å². The molecule has 0 aliphatic carbocycles. The van der Waals surface area contributed by atoms with Crippen molar-refractivity contribution < 1.29 is 13.2 Å². The Morgan fingerprint density at radius 2 is 1.89 bits per heavy atom. The highest BCUT2D eigenvalue weighted by molar-refractivity contribution is 7.89. The zero-order valence-corrected chi connectivity index (χ0v) is 12.3. The number of nitrogens with two attached hydrogens (primary N) is 1. The molecule has 0 atom stereocenters. The fourth-order valence-corrected chi connectivity index (χ4v) is 3.99. The predicted molar refractivity (Wildman–Crippen MR) is 72.9 cm³/mol. The van der Waals surface area contributed by atoms with Gasteiger partial charge in [-0.15, -0.1) is 0 Å². The Morgan fingerprint density at radius 1 is 1.28 bits per heavy atom. The highest BCUT2D eigenvalue weighted by Crippen LogP contribution is 2.27. The fraction of sp³-hybridized carbons (Fsp3) is 1.00. The normalized spacial score (nSPS) is 21.1. The van der Waals surface area contributed by atoms with Crippen LogP contribution < -0.4 is 5.73 Å². The van der Waals surface area contributed by atoms with E-state index in [1.807, 2.05) is 13.8 Å². The van der Waals surface area contributed by atoms with Gasteiger partial charge in [0.25, 0.3) is 0 Å². The molecule has 0 bridgehead atoms. The van der Waals surface area contributed by atoms with Gasteiger partial charge in [-0.25, -0.2) is 12.7 Å². The van der Waals surface area contributed by atoms with Crippen molar-refractivity contribution in [3.8, 4) is 0 Å². The lowest BCUT2D eigenvalue weighted by Gasteiger charge is -2.40. The molecule has 1 aliphatic rings. The third-order valence-corrected chi connectivity index (χ3v) is 5.56. The summed E-state index contributed by atoms with van der Waals surface area (Å²) < 4.78 is 31.4. The molecule has 1 saturated heterocycles. The van der Waals surface area contributed by atoms with E-state index >= 15 is 0 Å². The van der Waals surface area contributed by atoms with E-state index < -0.39 is 10.0 Å². The monoisotopic (exact) mass is 278 g/mol. The molecule has 5 nitrogen and oxygen atoms in total. The zero-order valence-electron chi connectivity index (χ0n) is 11.5. The summed E-state index contributed by atoms with van der Waals surface area (Å²) in [6, 6.07) is 0. The molecule has 0 aromatic carbocycles. The van der Waals surface area contributed by atoms with Crippen molar-refractivity contribution in [1.82, 2.24) is 4.31 Å². The van der Waals surface area contributed by atoms with Crippen molar-refractivity contribution in [2.24, 2.45) is 5.73 Å². The van der Waals surface area contributed by atoms with E-state index in [2.05, 4.69) is 0 Å². The highest BCUT2D eigenvalue weighted by Gasteiger charge is 2.37. The summed E-state index contributed by atoms with van der Waals surface area (Å²) in [5.74, 6) is 0.258. The molecule has 0 spiro atoms. The van der Waals surface area contributed by atoms with Crippen molar-refractivity contribution in [2.75, 3.05) is 32.0 Å². The molecule has 1 rings (SSSR count). The summed E-state index contributed by atoms with van der Waals surface area (Å²) in [6.07, 6.45) is 3.02. The molecule has 1 heterocycles. The summed E-state index contributed by atoms with van der Waals surface area (Å²) in [5, 5.41) is 0. The number of hydrogen-bond donors (Lipinski definition) is 1. The summed E-state index contributed by atoms with van der Waals surface area (Å²) in [7, 11) is -3.08. The van der Waals surface area contributed by atoms with Crippen LogP contribution in [0.3, 0.4) is 0 Å². The molecular weight excluding hydrogens is 252 g/mol. The minimum Gasteiger partial charge on any atom is -0.374 e. The quantitative estimate of drug-likeness (QED) is 0.752. The largest absolute Gasteiger partial charge is 0.374 e. The van der Waals surface area contributed by atoms with Gasteiger partial charge in [-0.05, 0) is 26.2 Å². The second-order valence-electron chi connectivity index (χ2n) is 4.89. The standard InChI is InChI=1S/C12H26N2O3S/c1-3-5-10-18(15,16)14-8-6-12(11-13,7-9-14)17-4-2/h3-11,13H2,1-2H3. The zero-order chi connectivity index (χ0) is 13.6. The van der Waals surface area contributed by atoms with Gasteiger partial charge in [0.15, 0.2) is 0 Å². The van der Waals surface area contributed by atoms with Crippen molar-refractivity contribution in [1.29, 1.82) is 0 Å². The van der Waals surface area contributed by atoms with E-state index in [0.29, 0.717) is 39.1 Å². The van der Waals surface area contributed by atoms with E-state index in [4.69, 9.17) is 10.5 Å². The molecule has 2 N–H and O–H groups in total. The van der Waals surface area contributed by atoms with Gasteiger partial charge in [0, 0.05) is 26.2 Å². The lowest BCUT2D eigenvalue weighted by atomic mass is 9.92. The minimum atomic E-state index is -3.08. The molecular formula is C12H26N2O3S. The Labute approximate surface area is 111 Å². The molecule has 1 fully saturated rings. The summed E-state index contributed by atoms with van der Waals surface area (Å²) in [6.45, 7) is 6.10. The molecule has 1 aliphatic heterocycles. The Morgan fingerprint density at radius 3 is 2.33 bits per heavy atom. The van der Waals surface area contributed by atoms with Gasteiger partial charge in [-0.2, -0.15) is 0 Å². The molecule has 0 radical (unpaired) electrons. The van der Waals surface area contributed by atoms with Crippen LogP contribution in [0, 0.1) is 0 Å². The molecule has 0 amide bonds. The number of sulfonamides is 1. The minimum absolute atomic E-state index is 0.258. The van der Waals surface area contributed by atoms with Gasteiger partial charge in [0.2, 0.25) is 10.0 Å². The first-order valence-electron chi connectivity index (χ1n) is 6.81. The first-order valence-corrected chi connectivity index (χ1v) is 8.42. The summed E-state index contributed by atoms with van der Waals surface area (Å²) in [5.41, 5.74) is 5.45. The van der Waals surface area contributed by atoms with Crippen LogP contribution in [0.15, 0.2) is 0 Å². The van der Waals surface area contributed by atoms with Crippen LogP contribution >= 0.6 is 0 Å². The van der Waals surface area contributed by atoms with Crippen LogP contribution in [0.5, 0.6) is 0 Å². The van der Waals surface area contributed by atoms with E-state index in [-0.39, 0.29) is 11.4 Å². The van der Waals surface area contributed by atoms with E-state index in [1.54, 1.807) is 4.31 Å². The SMILES string of the molecule is CCCCS(=O)(=O)N1CCC(CN)(OCC)CC1. The molecule has 108 valence electrons. The first kappa shape index (κ1) is 15.9. The van der Waals surface area contributed by atoms with Crippen molar-refractivity contribution in [3.63, 3.8) is 0 Å². The summed E-state index contributed by atoms with van der Waals surface area (Å²) >= 11 is 0. The van der Waals surface area contributed by atoms with Crippen molar-refractivity contribution in [2.45, 2.75) is 45.1 Å². The van der Waals surface area contributed by atoms with Crippen LogP contribution in [-0.2, 0) is 14.8 Å². The number of unbranched alkanes of at least 4 members (excludes halogenated alkanes) is 1. The van der Waals surface area contributed by atoms with E-state index in [0.717, 1.165) is 12.8 Å². The Bertz CT molecular complexity index is 335. The molecule has 0 unspecified atom stereocenters. The Kier molecular flexibility index (Phi) is 6.04. The Balaban J connectivity index is 2.57. The first-order chi connectivity index (χ1) is 8.49. The topological polar surface area (TPSA) is 72.6 Å². The van der Waals surface area contributed by atoms with Crippen LogP contribution in [-0.4, -0.2) is 50.3 Å². The van der Waals surface area contributed by atoms with Crippen LogP contribution in [0.4, 0.5) is 0 Å². The molecule has 0 saturated carbocycles. The Hall–Kier alpha value is -0.170. The third-order valence-electron chi connectivity index (χ3n) is 3.61. The second kappa shape index (κ2) is 6.84. The summed E-state index contributed by atoms with van der Waals surface area (Å²) in [4.78, 5) is 0. The third kappa shape index (κ3) is 3.91. The van der Waals surface area contributed by atoms with Crippen LogP contribution in [0.2, 0.25) is 0 Å². The smallest absolute Gasteiger partial charge is 0.214 e. The number of rotatable bonds is 7. The van der Waals surface area contributed by atoms with Crippen LogP contribution in [0.25, 0.3) is 0 Å². The van der Waals surface area contributed by atoms with Gasteiger partial charge in [-0.3, -0.25) is 0 Å². The number of hydrogen-bond acceptors (Lipinski definition) is 4. The van der Waals surface area contributed by atoms with E-state index in [1.165, 1.54) is 0 Å². The fourth-order valence-electron chi connectivity index (χ4n) is 2.34. The van der Waals surface area contributed by atoms with Gasteiger partial charge in [0.05, 0.1) is 11.4 Å². The molecule has 0 aromatic heterocycles. The molecule has 18 heavy (non-hydrogen) atoms. The maximum atomic E-state index is 12.1. The van der Waals surface area contributed by atoms with Crippen molar-refractivity contribution in [3.05, 3.63) is 0 Å². The average Bonchev–Trinajstić information content (AvgIpc) is 2.37. The average molecular weight is 278 g/mol. The van der Waals surface area contributed by atoms with Gasteiger partial charge in [-0.1, -0.05) is 13.3 Å². The second-order valence-corrected chi connectivity index (χ2v) is 6.98. The maximum Gasteiger partial charge on any atom is 0.214 e. The van der Waals surface area contributed by atoms with Gasteiger partial charge >= 0.3 is 0 Å². The van der Waals surface area contributed by atoms with Gasteiger partial charge < -0.3 is 10.5 Å². The number of ether oxygens (including phenoxy) is 1. The molecule has 0 aromatic rings. The highest BCUT2D eigenvalue weighted by atomic mass is 32.2.